The first-order valence-electron chi connectivity index (χ1n) is 33.1. The zero-order chi connectivity index (χ0) is 55.7. The van der Waals surface area contributed by atoms with Crippen LogP contribution in [0.1, 0.15) is 329 Å². The third-order valence-corrected chi connectivity index (χ3v) is 14.4. The van der Waals surface area contributed by atoms with Crippen LogP contribution < -0.4 is 0 Å². The molecule has 0 bridgehead atoms. The number of ether oxygens (including phenoxy) is 3. The van der Waals surface area contributed by atoms with Crippen molar-refractivity contribution in [2.45, 2.75) is 335 Å². The van der Waals surface area contributed by atoms with Gasteiger partial charge in [0.2, 0.25) is 0 Å². The van der Waals surface area contributed by atoms with Crippen LogP contribution in [0.5, 0.6) is 0 Å². The van der Waals surface area contributed by atoms with Crippen LogP contribution in [0.25, 0.3) is 0 Å². The number of rotatable bonds is 60. The van der Waals surface area contributed by atoms with Gasteiger partial charge in [0.25, 0.3) is 0 Å². The molecular weight excluding hydrogens is 949 g/mol. The Labute approximate surface area is 477 Å². The maximum atomic E-state index is 12.9. The smallest absolute Gasteiger partial charge is 0.306 e. The second kappa shape index (κ2) is 65.1. The average Bonchev–Trinajstić information content (AvgIpc) is 3.43. The van der Waals surface area contributed by atoms with E-state index in [1.54, 1.807) is 0 Å². The Balaban J connectivity index is 4.26. The molecule has 0 rings (SSSR count). The minimum absolute atomic E-state index is 0.0773. The van der Waals surface area contributed by atoms with Gasteiger partial charge in [0.1, 0.15) is 13.2 Å². The molecule has 0 amide bonds. The first-order chi connectivity index (χ1) is 38.0. The molecule has 0 N–H and O–H groups in total. The van der Waals surface area contributed by atoms with E-state index >= 15 is 0 Å². The zero-order valence-electron chi connectivity index (χ0n) is 51.0. The molecule has 0 aromatic carbocycles. The lowest BCUT2D eigenvalue weighted by atomic mass is 10.0. The van der Waals surface area contributed by atoms with E-state index in [2.05, 4.69) is 106 Å². The van der Waals surface area contributed by atoms with Gasteiger partial charge >= 0.3 is 17.9 Å². The fourth-order valence-corrected chi connectivity index (χ4v) is 9.44. The summed E-state index contributed by atoms with van der Waals surface area (Å²) in [5.74, 6) is -0.874. The van der Waals surface area contributed by atoms with Gasteiger partial charge in [-0.2, -0.15) is 0 Å². The molecule has 6 nitrogen and oxygen atoms in total. The Bertz CT molecular complexity index is 1470. The first-order valence-corrected chi connectivity index (χ1v) is 33.1. The molecule has 1 atom stereocenters. The molecule has 0 aliphatic heterocycles. The maximum absolute atomic E-state index is 12.9. The molecule has 0 heterocycles. The van der Waals surface area contributed by atoms with E-state index in [1.165, 1.54) is 186 Å². The molecule has 0 saturated carbocycles. The highest BCUT2D eigenvalue weighted by Crippen LogP contribution is 2.17. The van der Waals surface area contributed by atoms with E-state index < -0.39 is 6.10 Å². The molecule has 6 heteroatoms. The van der Waals surface area contributed by atoms with Crippen molar-refractivity contribution < 1.29 is 28.6 Å². The molecule has 0 spiro atoms. The highest BCUT2D eigenvalue weighted by atomic mass is 16.6. The van der Waals surface area contributed by atoms with Crippen molar-refractivity contribution in [1.82, 2.24) is 0 Å². The lowest BCUT2D eigenvalue weighted by Gasteiger charge is -2.18. The topological polar surface area (TPSA) is 78.9 Å². The van der Waals surface area contributed by atoms with E-state index in [1.807, 2.05) is 0 Å². The second-order valence-corrected chi connectivity index (χ2v) is 22.0. The van der Waals surface area contributed by atoms with Crippen molar-refractivity contribution in [2.75, 3.05) is 13.2 Å². The molecule has 0 saturated heterocycles. The highest BCUT2D eigenvalue weighted by Gasteiger charge is 2.19. The van der Waals surface area contributed by atoms with Gasteiger partial charge in [0, 0.05) is 19.3 Å². The number of allylic oxidation sites excluding steroid dienone is 14. The van der Waals surface area contributed by atoms with Crippen LogP contribution in [0, 0.1) is 0 Å². The van der Waals surface area contributed by atoms with Gasteiger partial charge in [0.05, 0.1) is 0 Å². The van der Waals surface area contributed by atoms with Gasteiger partial charge in [-0.15, -0.1) is 0 Å². The van der Waals surface area contributed by atoms with Gasteiger partial charge in [-0.25, -0.2) is 0 Å². The summed E-state index contributed by atoms with van der Waals surface area (Å²) in [4.78, 5) is 38.3. The predicted molar refractivity (Wildman–Crippen MR) is 334 cm³/mol. The van der Waals surface area contributed by atoms with E-state index in [-0.39, 0.29) is 31.1 Å². The molecule has 77 heavy (non-hydrogen) atoms. The Morgan fingerprint density at radius 1 is 0.273 bits per heavy atom. The van der Waals surface area contributed by atoms with Crippen molar-refractivity contribution in [1.29, 1.82) is 0 Å². The van der Waals surface area contributed by atoms with Gasteiger partial charge in [-0.3, -0.25) is 14.4 Å². The van der Waals surface area contributed by atoms with Crippen LogP contribution in [0.4, 0.5) is 0 Å². The molecule has 444 valence electrons. The van der Waals surface area contributed by atoms with Gasteiger partial charge in [-0.1, -0.05) is 298 Å². The van der Waals surface area contributed by atoms with E-state index in [0.29, 0.717) is 19.3 Å². The van der Waals surface area contributed by atoms with Crippen molar-refractivity contribution in [3.05, 3.63) is 85.1 Å². The van der Waals surface area contributed by atoms with Crippen LogP contribution in [-0.2, 0) is 28.6 Å². The molecular formula is C71H124O6. The average molecular weight is 1070 g/mol. The highest BCUT2D eigenvalue weighted by molar-refractivity contribution is 5.71. The summed E-state index contributed by atoms with van der Waals surface area (Å²) in [5, 5.41) is 0. The summed E-state index contributed by atoms with van der Waals surface area (Å²) in [5.41, 5.74) is 0. The molecule has 0 aliphatic carbocycles. The van der Waals surface area contributed by atoms with E-state index in [0.717, 1.165) is 103 Å². The maximum Gasteiger partial charge on any atom is 0.306 e. The predicted octanol–water partition coefficient (Wildman–Crippen LogP) is 22.7. The zero-order valence-corrected chi connectivity index (χ0v) is 51.0. The summed E-state index contributed by atoms with van der Waals surface area (Å²) in [6.07, 6.45) is 85.9. The van der Waals surface area contributed by atoms with Gasteiger partial charge < -0.3 is 14.2 Å². The van der Waals surface area contributed by atoms with E-state index in [4.69, 9.17) is 14.2 Å². The van der Waals surface area contributed by atoms with E-state index in [9.17, 15) is 14.4 Å². The quantitative estimate of drug-likeness (QED) is 0.0261. The lowest BCUT2D eigenvalue weighted by Crippen LogP contribution is -2.30. The second-order valence-electron chi connectivity index (χ2n) is 22.0. The minimum Gasteiger partial charge on any atom is -0.462 e. The standard InChI is InChI=1S/C71H124O6/c1-4-7-10-13-16-19-22-24-26-28-30-32-33-34-35-36-37-39-40-42-44-46-49-52-55-58-61-64-70(73)76-67-68(66-75-69(72)63-60-57-54-51-48-21-18-15-12-9-6-3)77-71(74)65-62-59-56-53-50-47-45-43-41-38-31-29-27-25-23-20-17-14-11-8-5-2/h8,11,17,20,22,24-25,27-28,30-31,33-34,38,68H,4-7,9-10,12-16,18-19,21,23,26,29,32,35-37,39-67H2,1-3H3/b11-8-,20-17-,24-22-,27-25-,30-28-,34-33-,38-31-. The lowest BCUT2D eigenvalue weighted by molar-refractivity contribution is -0.167. The SMILES string of the molecule is CC/C=C\C/C=C\C/C=C\C/C=C\CCCCCCCCCCC(=O)OC(COC(=O)CCCCCCCCCCCCC)COC(=O)CCCCCCCCCCCCCC/C=C\C/C=C\C/C=C\CCCCCCC. The van der Waals surface area contributed by atoms with Crippen molar-refractivity contribution >= 4 is 17.9 Å². The third kappa shape index (κ3) is 63.3. The molecule has 0 aromatic heterocycles. The van der Waals surface area contributed by atoms with Crippen LogP contribution in [0.2, 0.25) is 0 Å². The van der Waals surface area contributed by atoms with Crippen LogP contribution in [-0.4, -0.2) is 37.2 Å². The van der Waals surface area contributed by atoms with Crippen molar-refractivity contribution in [2.24, 2.45) is 0 Å². The largest absolute Gasteiger partial charge is 0.462 e. The number of carbonyl (C=O) groups is 3. The Morgan fingerprint density at radius 2 is 0.506 bits per heavy atom. The molecule has 0 radical (unpaired) electrons. The summed E-state index contributed by atoms with van der Waals surface area (Å²) >= 11 is 0. The summed E-state index contributed by atoms with van der Waals surface area (Å²) < 4.78 is 16.9. The van der Waals surface area contributed by atoms with Crippen molar-refractivity contribution in [3.63, 3.8) is 0 Å². The summed E-state index contributed by atoms with van der Waals surface area (Å²) in [7, 11) is 0. The summed E-state index contributed by atoms with van der Waals surface area (Å²) in [6.45, 7) is 6.53. The fourth-order valence-electron chi connectivity index (χ4n) is 9.44. The van der Waals surface area contributed by atoms with Crippen molar-refractivity contribution in [3.8, 4) is 0 Å². The number of hydrogen-bond donors (Lipinski definition) is 0. The Kier molecular flexibility index (Phi) is 62.2. The number of esters is 3. The normalized spacial score (nSPS) is 12.6. The van der Waals surface area contributed by atoms with Gasteiger partial charge in [-0.05, 0) is 96.3 Å². The third-order valence-electron chi connectivity index (χ3n) is 14.4. The fraction of sp³-hybridized carbons (Fsp3) is 0.761. The number of hydrogen-bond acceptors (Lipinski definition) is 6. The van der Waals surface area contributed by atoms with Gasteiger partial charge in [0.15, 0.2) is 6.10 Å². The Morgan fingerprint density at radius 3 is 0.792 bits per heavy atom. The number of carbonyl (C=O) groups excluding carboxylic acids is 3. The Hall–Kier alpha value is -3.41. The van der Waals surface area contributed by atoms with Crippen LogP contribution in [0.15, 0.2) is 85.1 Å². The minimum atomic E-state index is -0.781. The molecule has 0 aromatic rings. The molecule has 1 unspecified atom stereocenters. The monoisotopic (exact) mass is 1070 g/mol. The van der Waals surface area contributed by atoms with Crippen LogP contribution >= 0.6 is 0 Å². The molecule has 0 fully saturated rings. The first kappa shape index (κ1) is 73.6. The molecule has 0 aliphatic rings. The number of unbranched alkanes of at least 4 members (excludes halogenated alkanes) is 35. The summed E-state index contributed by atoms with van der Waals surface area (Å²) in [6, 6.07) is 0. The van der Waals surface area contributed by atoms with Crippen LogP contribution in [0.3, 0.4) is 0 Å².